The number of amides is 2. The van der Waals surface area contributed by atoms with Gasteiger partial charge in [-0.25, -0.2) is 9.78 Å². The molecule has 0 radical (unpaired) electrons. The zero-order chi connectivity index (χ0) is 14.1. The highest BCUT2D eigenvalue weighted by Gasteiger charge is 2.32. The molecule has 2 aromatic rings. The molecule has 0 saturated carbocycles. The fourth-order valence-electron chi connectivity index (χ4n) is 2.05. The van der Waals surface area contributed by atoms with Crippen LogP contribution in [-0.2, 0) is 25.6 Å². The molecule has 1 N–H and O–H groups in total. The third kappa shape index (κ3) is 2.25. The highest BCUT2D eigenvalue weighted by atomic mass is 16.7. The van der Waals surface area contributed by atoms with Crippen molar-refractivity contribution < 1.29 is 19.2 Å². The number of hydroxylamine groups is 2. The number of hydrogen-bond donors (Lipinski definition) is 1. The lowest BCUT2D eigenvalue weighted by Gasteiger charge is -2.12. The van der Waals surface area contributed by atoms with Crippen molar-refractivity contribution in [1.29, 1.82) is 0 Å². The maximum atomic E-state index is 11.7. The van der Waals surface area contributed by atoms with Crippen LogP contribution in [0.1, 0.15) is 18.4 Å². The van der Waals surface area contributed by atoms with E-state index in [0.717, 1.165) is 11.0 Å². The summed E-state index contributed by atoms with van der Waals surface area (Å²) in [4.78, 5) is 46.2. The van der Waals surface area contributed by atoms with Crippen LogP contribution in [0, 0.1) is 0 Å². The van der Waals surface area contributed by atoms with Crippen LogP contribution in [0.15, 0.2) is 24.5 Å². The molecule has 0 spiro atoms. The number of imide groups is 1. The first-order valence-corrected chi connectivity index (χ1v) is 6.12. The Bertz CT molecular complexity index is 690. The second-order valence-corrected chi connectivity index (χ2v) is 4.48. The largest absolute Gasteiger partial charge is 0.345 e. The number of imidazole rings is 1. The Morgan fingerprint density at radius 1 is 1.30 bits per heavy atom. The van der Waals surface area contributed by atoms with Crippen LogP contribution in [0.5, 0.6) is 0 Å². The minimum absolute atomic E-state index is 0.0218. The average molecular weight is 273 g/mol. The summed E-state index contributed by atoms with van der Waals surface area (Å²) in [6.45, 7) is 0. The highest BCUT2D eigenvalue weighted by Crippen LogP contribution is 2.15. The Labute approximate surface area is 113 Å². The van der Waals surface area contributed by atoms with Gasteiger partial charge in [-0.3, -0.25) is 9.59 Å². The van der Waals surface area contributed by atoms with E-state index in [1.807, 2.05) is 0 Å². The number of hydrogen-bond acceptors (Lipinski definition) is 5. The molecule has 0 unspecified atom stereocenters. The van der Waals surface area contributed by atoms with Crippen molar-refractivity contribution >= 4 is 28.8 Å². The molecule has 2 heterocycles. The van der Waals surface area contributed by atoms with Gasteiger partial charge in [-0.15, -0.1) is 5.06 Å². The van der Waals surface area contributed by atoms with Crippen LogP contribution in [0.25, 0.3) is 11.0 Å². The van der Waals surface area contributed by atoms with Gasteiger partial charge in [-0.2, -0.15) is 0 Å². The molecule has 7 nitrogen and oxygen atoms in total. The SMILES string of the molecule is O=C(Cc1ccc2nc[nH]c2c1)ON1C(=O)CCC1=O. The lowest BCUT2D eigenvalue weighted by atomic mass is 10.1. The number of aromatic nitrogens is 2. The van der Waals surface area contributed by atoms with Crippen LogP contribution in [0.4, 0.5) is 0 Å². The zero-order valence-electron chi connectivity index (χ0n) is 10.5. The molecule has 1 fully saturated rings. The molecule has 1 saturated heterocycles. The zero-order valence-corrected chi connectivity index (χ0v) is 10.5. The van der Waals surface area contributed by atoms with Gasteiger partial charge in [0.2, 0.25) is 0 Å². The van der Waals surface area contributed by atoms with E-state index in [1.54, 1.807) is 24.5 Å². The van der Waals surface area contributed by atoms with Gasteiger partial charge in [0.1, 0.15) is 0 Å². The number of benzene rings is 1. The summed E-state index contributed by atoms with van der Waals surface area (Å²) in [5.41, 5.74) is 2.32. The number of aromatic amines is 1. The number of carbonyl (C=O) groups is 3. The summed E-state index contributed by atoms with van der Waals surface area (Å²) < 4.78 is 0. The van der Waals surface area contributed by atoms with Crippen molar-refractivity contribution in [1.82, 2.24) is 15.0 Å². The van der Waals surface area contributed by atoms with E-state index in [2.05, 4.69) is 9.97 Å². The predicted molar refractivity (Wildman–Crippen MR) is 67.0 cm³/mol. The second-order valence-electron chi connectivity index (χ2n) is 4.48. The molecular formula is C13H11N3O4. The lowest BCUT2D eigenvalue weighted by Crippen LogP contribution is -2.32. The van der Waals surface area contributed by atoms with E-state index < -0.39 is 17.8 Å². The lowest BCUT2D eigenvalue weighted by molar-refractivity contribution is -0.197. The van der Waals surface area contributed by atoms with E-state index in [1.165, 1.54) is 0 Å². The van der Waals surface area contributed by atoms with Crippen molar-refractivity contribution in [2.75, 3.05) is 0 Å². The molecule has 2 amide bonds. The van der Waals surface area contributed by atoms with Crippen LogP contribution >= 0.6 is 0 Å². The predicted octanol–water partition coefficient (Wildman–Crippen LogP) is 0.713. The van der Waals surface area contributed by atoms with Crippen LogP contribution in [0.2, 0.25) is 0 Å². The van der Waals surface area contributed by atoms with Crippen molar-refractivity contribution in [3.05, 3.63) is 30.1 Å². The molecule has 0 bridgehead atoms. The number of nitrogens with one attached hydrogen (secondary N) is 1. The Balaban J connectivity index is 1.69. The van der Waals surface area contributed by atoms with Gasteiger partial charge >= 0.3 is 5.97 Å². The monoisotopic (exact) mass is 273 g/mol. The molecule has 7 heteroatoms. The number of rotatable bonds is 3. The molecule has 1 aromatic heterocycles. The van der Waals surface area contributed by atoms with E-state index in [-0.39, 0.29) is 19.3 Å². The minimum Gasteiger partial charge on any atom is -0.345 e. The summed E-state index contributed by atoms with van der Waals surface area (Å²) >= 11 is 0. The summed E-state index contributed by atoms with van der Waals surface area (Å²) in [5.74, 6) is -1.60. The first kappa shape index (κ1) is 12.3. The Morgan fingerprint density at radius 2 is 2.05 bits per heavy atom. The standard InChI is InChI=1S/C13H11N3O4/c17-11-3-4-12(18)16(11)20-13(19)6-8-1-2-9-10(5-8)15-7-14-9/h1-2,5,7H,3-4,6H2,(H,14,15). The number of carbonyl (C=O) groups excluding carboxylic acids is 3. The van der Waals surface area contributed by atoms with Gasteiger partial charge in [-0.1, -0.05) is 6.07 Å². The summed E-state index contributed by atoms with van der Waals surface area (Å²) in [5, 5.41) is 0.553. The Kier molecular flexibility index (Phi) is 2.94. The summed E-state index contributed by atoms with van der Waals surface area (Å²) in [6, 6.07) is 5.30. The van der Waals surface area contributed by atoms with Crippen LogP contribution < -0.4 is 0 Å². The normalized spacial score (nSPS) is 15.1. The van der Waals surface area contributed by atoms with Gasteiger partial charge in [0.15, 0.2) is 0 Å². The van der Waals surface area contributed by atoms with Gasteiger partial charge in [-0.05, 0) is 17.7 Å². The number of nitrogens with zero attached hydrogens (tertiary/aromatic N) is 2. The van der Waals surface area contributed by atoms with E-state index in [9.17, 15) is 14.4 Å². The Morgan fingerprint density at radius 3 is 2.80 bits per heavy atom. The van der Waals surface area contributed by atoms with Gasteiger partial charge in [0, 0.05) is 12.8 Å². The third-order valence-electron chi connectivity index (χ3n) is 3.03. The van der Waals surface area contributed by atoms with Crippen LogP contribution in [-0.4, -0.2) is 32.8 Å². The smallest absolute Gasteiger partial charge is 0.337 e. The summed E-state index contributed by atoms with van der Waals surface area (Å²) in [6.07, 6.45) is 1.72. The third-order valence-corrected chi connectivity index (χ3v) is 3.03. The first-order chi connectivity index (χ1) is 9.63. The molecule has 0 aliphatic carbocycles. The highest BCUT2D eigenvalue weighted by molar-refractivity contribution is 6.01. The molecule has 102 valence electrons. The fraction of sp³-hybridized carbons (Fsp3) is 0.231. The van der Waals surface area contributed by atoms with Crippen molar-refractivity contribution in [2.24, 2.45) is 0 Å². The number of H-pyrrole nitrogens is 1. The minimum atomic E-state index is -0.646. The molecule has 1 aliphatic heterocycles. The molecule has 0 atom stereocenters. The molecular weight excluding hydrogens is 262 g/mol. The van der Waals surface area contributed by atoms with Gasteiger partial charge < -0.3 is 9.82 Å². The first-order valence-electron chi connectivity index (χ1n) is 6.12. The van der Waals surface area contributed by atoms with E-state index >= 15 is 0 Å². The van der Waals surface area contributed by atoms with Crippen LogP contribution in [0.3, 0.4) is 0 Å². The average Bonchev–Trinajstić information content (AvgIpc) is 3.00. The van der Waals surface area contributed by atoms with Crippen molar-refractivity contribution in [2.45, 2.75) is 19.3 Å². The quantitative estimate of drug-likeness (QED) is 0.831. The summed E-state index contributed by atoms with van der Waals surface area (Å²) in [7, 11) is 0. The van der Waals surface area contributed by atoms with Gasteiger partial charge in [0.25, 0.3) is 11.8 Å². The topological polar surface area (TPSA) is 92.4 Å². The van der Waals surface area contributed by atoms with Gasteiger partial charge in [0.05, 0.1) is 23.8 Å². The molecule has 3 rings (SSSR count). The maximum absolute atomic E-state index is 11.7. The number of fused-ring (bicyclic) bond motifs is 1. The van der Waals surface area contributed by atoms with Crippen molar-refractivity contribution in [3.8, 4) is 0 Å². The molecule has 20 heavy (non-hydrogen) atoms. The maximum Gasteiger partial charge on any atom is 0.337 e. The Hall–Kier alpha value is -2.70. The van der Waals surface area contributed by atoms with Crippen molar-refractivity contribution in [3.63, 3.8) is 0 Å². The molecule has 1 aliphatic rings. The van der Waals surface area contributed by atoms with E-state index in [4.69, 9.17) is 4.84 Å². The fourth-order valence-corrected chi connectivity index (χ4v) is 2.05. The van der Waals surface area contributed by atoms with E-state index in [0.29, 0.717) is 10.6 Å². The second kappa shape index (κ2) is 4.76. The molecule has 1 aromatic carbocycles.